The fourth-order valence-corrected chi connectivity index (χ4v) is 2.07. The van der Waals surface area contributed by atoms with E-state index in [4.69, 9.17) is 4.74 Å². The Labute approximate surface area is 123 Å². The van der Waals surface area contributed by atoms with Crippen molar-refractivity contribution in [2.75, 3.05) is 13.2 Å². The van der Waals surface area contributed by atoms with Crippen molar-refractivity contribution in [3.63, 3.8) is 0 Å². The van der Waals surface area contributed by atoms with Gasteiger partial charge in [0.1, 0.15) is 0 Å². The van der Waals surface area contributed by atoms with Gasteiger partial charge < -0.3 is 10.1 Å². The van der Waals surface area contributed by atoms with Crippen LogP contribution in [0.1, 0.15) is 43.2 Å². The summed E-state index contributed by atoms with van der Waals surface area (Å²) >= 11 is 0. The summed E-state index contributed by atoms with van der Waals surface area (Å²) in [6.07, 6.45) is -2.48. The summed E-state index contributed by atoms with van der Waals surface area (Å²) in [5.41, 5.74) is 2.14. The molecule has 2 rings (SSSR count). The minimum Gasteiger partial charge on any atom is -0.376 e. The Morgan fingerprint density at radius 3 is 2.48 bits per heavy atom. The van der Waals surface area contributed by atoms with Gasteiger partial charge >= 0.3 is 6.18 Å². The molecule has 1 unspecified atom stereocenters. The minimum atomic E-state index is -4.14. The Balaban J connectivity index is 1.70. The van der Waals surface area contributed by atoms with Gasteiger partial charge in [0.25, 0.3) is 0 Å². The largest absolute Gasteiger partial charge is 0.391 e. The molecule has 1 saturated carbocycles. The van der Waals surface area contributed by atoms with Gasteiger partial charge in [0.05, 0.1) is 19.6 Å². The lowest BCUT2D eigenvalue weighted by Gasteiger charge is -2.13. The van der Waals surface area contributed by atoms with Gasteiger partial charge in [-0.2, -0.15) is 13.2 Å². The highest BCUT2D eigenvalue weighted by atomic mass is 19.4. The van der Waals surface area contributed by atoms with Crippen LogP contribution in [0.15, 0.2) is 24.3 Å². The van der Waals surface area contributed by atoms with Crippen LogP contribution in [0.3, 0.4) is 0 Å². The van der Waals surface area contributed by atoms with Gasteiger partial charge in [-0.1, -0.05) is 31.2 Å². The number of rotatable bonds is 8. The SMILES string of the molecule is CC(CNC1CC1)c1ccc(COCCC(F)(F)F)cc1. The second kappa shape index (κ2) is 7.27. The van der Waals surface area contributed by atoms with Crippen molar-refractivity contribution in [3.8, 4) is 0 Å². The van der Waals surface area contributed by atoms with E-state index in [1.165, 1.54) is 18.4 Å². The van der Waals surface area contributed by atoms with Gasteiger partial charge in [-0.05, 0) is 29.9 Å². The molecule has 1 aromatic rings. The Hall–Kier alpha value is -1.07. The monoisotopic (exact) mass is 301 g/mol. The zero-order valence-corrected chi connectivity index (χ0v) is 12.2. The standard InChI is InChI=1S/C16H22F3NO/c1-12(10-20-15-6-7-15)14-4-2-13(3-5-14)11-21-9-8-16(17,18)19/h2-5,12,15,20H,6-11H2,1H3. The highest BCUT2D eigenvalue weighted by Gasteiger charge is 2.26. The predicted octanol–water partition coefficient (Wildman–Crippen LogP) is 4.01. The van der Waals surface area contributed by atoms with Crippen molar-refractivity contribution in [1.29, 1.82) is 0 Å². The van der Waals surface area contributed by atoms with E-state index in [1.807, 2.05) is 24.3 Å². The Morgan fingerprint density at radius 2 is 1.90 bits per heavy atom. The molecule has 1 fully saturated rings. The first-order chi connectivity index (χ1) is 9.94. The molecule has 1 N–H and O–H groups in total. The van der Waals surface area contributed by atoms with E-state index in [-0.39, 0.29) is 13.2 Å². The van der Waals surface area contributed by atoms with Gasteiger partial charge in [0, 0.05) is 12.6 Å². The van der Waals surface area contributed by atoms with Crippen LogP contribution < -0.4 is 5.32 Å². The van der Waals surface area contributed by atoms with E-state index in [0.717, 1.165) is 12.1 Å². The molecule has 1 aliphatic rings. The van der Waals surface area contributed by atoms with E-state index in [1.54, 1.807) is 0 Å². The number of alkyl halides is 3. The first-order valence-electron chi connectivity index (χ1n) is 7.41. The summed E-state index contributed by atoms with van der Waals surface area (Å²) < 4.78 is 41.0. The number of nitrogens with one attached hydrogen (secondary N) is 1. The van der Waals surface area contributed by atoms with E-state index in [0.29, 0.717) is 12.0 Å². The van der Waals surface area contributed by atoms with Crippen LogP contribution in [0.25, 0.3) is 0 Å². The van der Waals surface area contributed by atoms with Crippen LogP contribution in [0, 0.1) is 0 Å². The molecule has 5 heteroatoms. The molecule has 118 valence electrons. The van der Waals surface area contributed by atoms with Gasteiger partial charge in [0.2, 0.25) is 0 Å². The number of hydrogen-bond donors (Lipinski definition) is 1. The maximum Gasteiger partial charge on any atom is 0.391 e. The molecule has 0 saturated heterocycles. The second-order valence-corrected chi connectivity index (χ2v) is 5.74. The molecule has 0 spiro atoms. The molecule has 0 aliphatic heterocycles. The van der Waals surface area contributed by atoms with Gasteiger partial charge in [-0.25, -0.2) is 0 Å². The van der Waals surface area contributed by atoms with Crippen LogP contribution in [0.5, 0.6) is 0 Å². The van der Waals surface area contributed by atoms with Crippen molar-refractivity contribution in [2.45, 2.75) is 50.9 Å². The van der Waals surface area contributed by atoms with Crippen molar-refractivity contribution in [2.24, 2.45) is 0 Å². The molecule has 0 bridgehead atoms. The first kappa shape index (κ1) is 16.3. The summed E-state index contributed by atoms with van der Waals surface area (Å²) in [4.78, 5) is 0. The van der Waals surface area contributed by atoms with E-state index in [2.05, 4.69) is 12.2 Å². The first-order valence-corrected chi connectivity index (χ1v) is 7.41. The fourth-order valence-electron chi connectivity index (χ4n) is 2.07. The van der Waals surface area contributed by atoms with E-state index < -0.39 is 12.6 Å². The molecule has 2 nitrogen and oxygen atoms in total. The molecule has 0 aromatic heterocycles. The molecule has 0 radical (unpaired) electrons. The molecule has 0 amide bonds. The molecular formula is C16H22F3NO. The van der Waals surface area contributed by atoms with E-state index in [9.17, 15) is 13.2 Å². The molecular weight excluding hydrogens is 279 g/mol. The van der Waals surface area contributed by atoms with Gasteiger partial charge in [-0.3, -0.25) is 0 Å². The number of halogens is 3. The third-order valence-electron chi connectivity index (χ3n) is 3.64. The summed E-state index contributed by atoms with van der Waals surface area (Å²) in [5, 5.41) is 3.49. The van der Waals surface area contributed by atoms with Crippen LogP contribution in [0.4, 0.5) is 13.2 Å². The Morgan fingerprint density at radius 1 is 1.24 bits per heavy atom. The van der Waals surface area contributed by atoms with Gasteiger partial charge in [-0.15, -0.1) is 0 Å². The second-order valence-electron chi connectivity index (χ2n) is 5.74. The summed E-state index contributed by atoms with van der Waals surface area (Å²) in [5.74, 6) is 0.436. The van der Waals surface area contributed by atoms with Crippen molar-refractivity contribution < 1.29 is 17.9 Å². The quantitative estimate of drug-likeness (QED) is 0.733. The summed E-state index contributed by atoms with van der Waals surface area (Å²) in [6.45, 7) is 3.08. The van der Waals surface area contributed by atoms with Crippen LogP contribution in [0.2, 0.25) is 0 Å². The third kappa shape index (κ3) is 6.48. The van der Waals surface area contributed by atoms with E-state index >= 15 is 0 Å². The predicted molar refractivity (Wildman–Crippen MR) is 76.2 cm³/mol. The number of benzene rings is 1. The normalized spacial score (nSPS) is 17.0. The average Bonchev–Trinajstić information content (AvgIpc) is 3.25. The highest BCUT2D eigenvalue weighted by Crippen LogP contribution is 2.22. The Kier molecular flexibility index (Phi) is 5.65. The lowest BCUT2D eigenvalue weighted by atomic mass is 10.00. The number of ether oxygens (including phenoxy) is 1. The molecule has 1 aliphatic carbocycles. The van der Waals surface area contributed by atoms with Crippen molar-refractivity contribution in [1.82, 2.24) is 5.32 Å². The average molecular weight is 301 g/mol. The minimum absolute atomic E-state index is 0.227. The maximum absolute atomic E-state index is 12.0. The summed E-state index contributed by atoms with van der Waals surface area (Å²) in [6, 6.07) is 8.62. The van der Waals surface area contributed by atoms with Crippen molar-refractivity contribution >= 4 is 0 Å². The molecule has 1 aromatic carbocycles. The lowest BCUT2D eigenvalue weighted by molar-refractivity contribution is -0.146. The third-order valence-corrected chi connectivity index (χ3v) is 3.64. The van der Waals surface area contributed by atoms with Crippen LogP contribution in [-0.4, -0.2) is 25.4 Å². The lowest BCUT2D eigenvalue weighted by Crippen LogP contribution is -2.22. The maximum atomic E-state index is 12.0. The molecule has 1 atom stereocenters. The molecule has 21 heavy (non-hydrogen) atoms. The molecule has 0 heterocycles. The zero-order chi connectivity index (χ0) is 15.3. The zero-order valence-electron chi connectivity index (χ0n) is 12.2. The number of hydrogen-bond acceptors (Lipinski definition) is 2. The smallest absolute Gasteiger partial charge is 0.376 e. The Bertz CT molecular complexity index is 426. The topological polar surface area (TPSA) is 21.3 Å². The van der Waals surface area contributed by atoms with Crippen LogP contribution >= 0.6 is 0 Å². The van der Waals surface area contributed by atoms with Crippen molar-refractivity contribution in [3.05, 3.63) is 35.4 Å². The van der Waals surface area contributed by atoms with Gasteiger partial charge in [0.15, 0.2) is 0 Å². The highest BCUT2D eigenvalue weighted by molar-refractivity contribution is 5.25. The van der Waals surface area contributed by atoms with Crippen LogP contribution in [-0.2, 0) is 11.3 Å². The summed E-state index contributed by atoms with van der Waals surface area (Å²) in [7, 11) is 0. The fraction of sp³-hybridized carbons (Fsp3) is 0.625.